The normalized spacial score (nSPS) is 12.4. The number of phenolic OH excluding ortho intramolecular Hbond substituents is 1. The summed E-state index contributed by atoms with van der Waals surface area (Å²) in [6.45, 7) is 0. The van der Waals surface area contributed by atoms with Crippen LogP contribution in [0.1, 0.15) is 18.0 Å². The van der Waals surface area contributed by atoms with E-state index in [1.807, 2.05) is 0 Å². The predicted molar refractivity (Wildman–Crippen MR) is 55.0 cm³/mol. The molecule has 76 valence electrons. The van der Waals surface area contributed by atoms with Crippen molar-refractivity contribution >= 4 is 21.9 Å². The second kappa shape index (κ2) is 4.43. The molecule has 1 rings (SSSR count). The van der Waals surface area contributed by atoms with Crippen LogP contribution >= 0.6 is 15.9 Å². The Morgan fingerprint density at radius 3 is 2.79 bits per heavy atom. The Bertz CT molecular complexity index is 354. The molecule has 0 radical (unpaired) electrons. The largest absolute Gasteiger partial charge is 0.508 e. The van der Waals surface area contributed by atoms with E-state index in [1.54, 1.807) is 12.1 Å². The van der Waals surface area contributed by atoms with Crippen LogP contribution in [0.2, 0.25) is 0 Å². The predicted octanol–water partition coefficient (Wildman–Crippen LogP) is 1.63. The number of hydrogen-bond acceptors (Lipinski definition) is 3. The third-order valence-electron chi connectivity index (χ3n) is 1.78. The molecule has 0 aromatic heterocycles. The van der Waals surface area contributed by atoms with Crippen molar-refractivity contribution in [2.45, 2.75) is 12.5 Å². The van der Waals surface area contributed by atoms with Crippen molar-refractivity contribution in [3.8, 4) is 5.75 Å². The van der Waals surface area contributed by atoms with E-state index in [0.29, 0.717) is 5.56 Å². The summed E-state index contributed by atoms with van der Waals surface area (Å²) in [7, 11) is 0. The number of aromatic hydroxyl groups is 1. The summed E-state index contributed by atoms with van der Waals surface area (Å²) in [5.41, 5.74) is 6.04. The van der Waals surface area contributed by atoms with Gasteiger partial charge in [-0.05, 0) is 18.2 Å². The van der Waals surface area contributed by atoms with Crippen molar-refractivity contribution < 1.29 is 15.0 Å². The minimum Gasteiger partial charge on any atom is -0.508 e. The van der Waals surface area contributed by atoms with E-state index >= 15 is 0 Å². The first-order chi connectivity index (χ1) is 6.50. The quantitative estimate of drug-likeness (QED) is 0.771. The number of rotatable bonds is 3. The molecule has 1 aromatic carbocycles. The van der Waals surface area contributed by atoms with Gasteiger partial charge in [-0.25, -0.2) is 0 Å². The maximum atomic E-state index is 10.4. The van der Waals surface area contributed by atoms with E-state index in [4.69, 9.17) is 10.8 Å². The minimum atomic E-state index is -0.989. The molecule has 0 saturated carbocycles. The molecule has 1 unspecified atom stereocenters. The molecule has 5 heteroatoms. The highest BCUT2D eigenvalue weighted by Gasteiger charge is 2.14. The molecule has 4 N–H and O–H groups in total. The third kappa shape index (κ3) is 2.71. The summed E-state index contributed by atoms with van der Waals surface area (Å²) in [5.74, 6) is -0.973. The fraction of sp³-hybridized carbons (Fsp3) is 0.222. The van der Waals surface area contributed by atoms with Gasteiger partial charge in [0.2, 0.25) is 0 Å². The molecule has 1 aromatic rings. The van der Waals surface area contributed by atoms with E-state index in [2.05, 4.69) is 15.9 Å². The highest BCUT2D eigenvalue weighted by molar-refractivity contribution is 9.10. The lowest BCUT2D eigenvalue weighted by Crippen LogP contribution is -2.15. The van der Waals surface area contributed by atoms with Crippen LogP contribution in [-0.4, -0.2) is 16.2 Å². The van der Waals surface area contributed by atoms with Gasteiger partial charge in [-0.3, -0.25) is 4.79 Å². The smallest absolute Gasteiger partial charge is 0.305 e. The minimum absolute atomic E-state index is 0.0157. The monoisotopic (exact) mass is 259 g/mol. The van der Waals surface area contributed by atoms with Crippen LogP contribution in [0.3, 0.4) is 0 Å². The van der Waals surface area contributed by atoms with Crippen molar-refractivity contribution in [3.63, 3.8) is 0 Å². The van der Waals surface area contributed by atoms with Crippen molar-refractivity contribution in [1.82, 2.24) is 0 Å². The zero-order chi connectivity index (χ0) is 10.7. The van der Waals surface area contributed by atoms with Gasteiger partial charge in [0.1, 0.15) is 5.75 Å². The van der Waals surface area contributed by atoms with E-state index in [9.17, 15) is 9.90 Å². The molecule has 0 aliphatic carbocycles. The number of hydrogen-bond donors (Lipinski definition) is 3. The van der Waals surface area contributed by atoms with Crippen LogP contribution < -0.4 is 5.73 Å². The second-order valence-electron chi connectivity index (χ2n) is 2.91. The first-order valence-corrected chi connectivity index (χ1v) is 4.76. The molecule has 4 nitrogen and oxygen atoms in total. The first-order valence-electron chi connectivity index (χ1n) is 3.96. The Morgan fingerprint density at radius 1 is 1.57 bits per heavy atom. The number of phenols is 1. The number of aliphatic carboxylic acids is 1. The highest BCUT2D eigenvalue weighted by Crippen LogP contribution is 2.27. The van der Waals surface area contributed by atoms with Gasteiger partial charge < -0.3 is 15.9 Å². The van der Waals surface area contributed by atoms with Crippen LogP contribution in [-0.2, 0) is 4.79 Å². The summed E-state index contributed by atoms with van der Waals surface area (Å²) in [4.78, 5) is 10.4. The fourth-order valence-corrected chi connectivity index (χ4v) is 1.50. The van der Waals surface area contributed by atoms with Gasteiger partial charge in [0, 0.05) is 16.1 Å². The number of carboxylic acid groups (broad SMARTS) is 1. The van der Waals surface area contributed by atoms with Gasteiger partial charge in [0.25, 0.3) is 0 Å². The fourth-order valence-electron chi connectivity index (χ4n) is 1.12. The van der Waals surface area contributed by atoms with Gasteiger partial charge in [-0.15, -0.1) is 0 Å². The van der Waals surface area contributed by atoms with Crippen molar-refractivity contribution in [2.75, 3.05) is 0 Å². The Labute approximate surface area is 89.5 Å². The molecule has 0 saturated heterocycles. The average molecular weight is 260 g/mol. The molecule has 0 aliphatic heterocycles. The lowest BCUT2D eigenvalue weighted by molar-refractivity contribution is -0.137. The Balaban J connectivity index is 2.93. The van der Waals surface area contributed by atoms with Crippen LogP contribution in [0.4, 0.5) is 0 Å². The van der Waals surface area contributed by atoms with E-state index in [-0.39, 0.29) is 12.2 Å². The second-order valence-corrected chi connectivity index (χ2v) is 3.82. The van der Waals surface area contributed by atoms with E-state index in [1.165, 1.54) is 6.07 Å². The van der Waals surface area contributed by atoms with Gasteiger partial charge in [0.15, 0.2) is 0 Å². The SMILES string of the molecule is NC(CC(=O)O)c1cc(Br)ccc1O. The van der Waals surface area contributed by atoms with Gasteiger partial charge in [-0.2, -0.15) is 0 Å². The molecule has 0 heterocycles. The Kier molecular flexibility index (Phi) is 3.49. The Hall–Kier alpha value is -1.07. The maximum Gasteiger partial charge on any atom is 0.305 e. The van der Waals surface area contributed by atoms with Crippen LogP contribution in [0, 0.1) is 0 Å². The summed E-state index contributed by atoms with van der Waals surface area (Å²) < 4.78 is 0.756. The maximum absolute atomic E-state index is 10.4. The zero-order valence-electron chi connectivity index (χ0n) is 7.27. The molecule has 0 bridgehead atoms. The first kappa shape index (κ1) is 11.0. The van der Waals surface area contributed by atoms with E-state index < -0.39 is 12.0 Å². The van der Waals surface area contributed by atoms with Gasteiger partial charge in [0.05, 0.1) is 6.42 Å². The topological polar surface area (TPSA) is 83.6 Å². The summed E-state index contributed by atoms with van der Waals surface area (Å²) in [6, 6.07) is 4.06. The molecule has 0 aliphatic rings. The number of benzene rings is 1. The van der Waals surface area contributed by atoms with Crippen molar-refractivity contribution in [3.05, 3.63) is 28.2 Å². The van der Waals surface area contributed by atoms with Gasteiger partial charge in [-0.1, -0.05) is 15.9 Å². The standard InChI is InChI=1S/C9H10BrNO3/c10-5-1-2-8(12)6(3-5)7(11)4-9(13)14/h1-3,7,12H,4,11H2,(H,13,14). The van der Waals surface area contributed by atoms with Crippen molar-refractivity contribution in [1.29, 1.82) is 0 Å². The summed E-state index contributed by atoms with van der Waals surface area (Å²) in [5, 5.41) is 18.0. The van der Waals surface area contributed by atoms with Crippen molar-refractivity contribution in [2.24, 2.45) is 5.73 Å². The zero-order valence-corrected chi connectivity index (χ0v) is 8.86. The average Bonchev–Trinajstić information content (AvgIpc) is 2.08. The summed E-state index contributed by atoms with van der Waals surface area (Å²) >= 11 is 3.22. The van der Waals surface area contributed by atoms with Gasteiger partial charge >= 0.3 is 5.97 Å². The van der Waals surface area contributed by atoms with Crippen LogP contribution in [0.25, 0.3) is 0 Å². The third-order valence-corrected chi connectivity index (χ3v) is 2.28. The molecule has 0 fully saturated rings. The molecular weight excluding hydrogens is 250 g/mol. The Morgan fingerprint density at radius 2 is 2.21 bits per heavy atom. The van der Waals surface area contributed by atoms with Crippen LogP contribution in [0.5, 0.6) is 5.75 Å². The molecular formula is C9H10BrNO3. The molecule has 0 spiro atoms. The molecule has 0 amide bonds. The number of nitrogens with two attached hydrogens (primary N) is 1. The molecule has 1 atom stereocenters. The summed E-state index contributed by atoms with van der Waals surface area (Å²) in [6.07, 6.45) is -0.204. The number of carbonyl (C=O) groups is 1. The lowest BCUT2D eigenvalue weighted by Gasteiger charge is -2.11. The highest BCUT2D eigenvalue weighted by atomic mass is 79.9. The van der Waals surface area contributed by atoms with E-state index in [0.717, 1.165) is 4.47 Å². The number of carboxylic acids is 1. The number of halogens is 1. The molecule has 14 heavy (non-hydrogen) atoms. The lowest BCUT2D eigenvalue weighted by atomic mass is 10.0. The van der Waals surface area contributed by atoms with Crippen LogP contribution in [0.15, 0.2) is 22.7 Å².